The minimum Gasteiger partial charge on any atom is -0.444 e. The van der Waals surface area contributed by atoms with Gasteiger partial charge in [-0.1, -0.05) is 31.5 Å². The molecular formula is C26H39N5O5. The van der Waals surface area contributed by atoms with Gasteiger partial charge in [0.15, 0.2) is 0 Å². The van der Waals surface area contributed by atoms with E-state index in [-0.39, 0.29) is 6.04 Å². The van der Waals surface area contributed by atoms with E-state index in [0.29, 0.717) is 5.56 Å². The average molecular weight is 502 g/mol. The van der Waals surface area contributed by atoms with E-state index in [4.69, 9.17) is 10.5 Å². The van der Waals surface area contributed by atoms with Crippen molar-refractivity contribution in [1.82, 2.24) is 15.5 Å². The van der Waals surface area contributed by atoms with Crippen molar-refractivity contribution >= 4 is 23.8 Å². The van der Waals surface area contributed by atoms with E-state index >= 15 is 0 Å². The Bertz CT molecular complexity index is 975. The summed E-state index contributed by atoms with van der Waals surface area (Å²) in [6, 6.07) is 4.62. The van der Waals surface area contributed by atoms with Gasteiger partial charge in [-0.05, 0) is 64.7 Å². The summed E-state index contributed by atoms with van der Waals surface area (Å²) in [5, 5.41) is 14.9. The highest BCUT2D eigenvalue weighted by molar-refractivity contribution is 5.95. The highest BCUT2D eigenvalue weighted by Crippen LogP contribution is 2.29. The van der Waals surface area contributed by atoms with Crippen LogP contribution >= 0.6 is 0 Å². The summed E-state index contributed by atoms with van der Waals surface area (Å²) in [6.07, 6.45) is 0.107. The lowest BCUT2D eigenvalue weighted by molar-refractivity contribution is -0.142. The maximum atomic E-state index is 13.7. The van der Waals surface area contributed by atoms with E-state index in [1.54, 1.807) is 20.8 Å². The van der Waals surface area contributed by atoms with Crippen LogP contribution in [0.5, 0.6) is 0 Å². The summed E-state index contributed by atoms with van der Waals surface area (Å²) in [4.78, 5) is 52.6. The lowest BCUT2D eigenvalue weighted by atomic mass is 9.93. The Morgan fingerprint density at radius 3 is 2.19 bits per heavy atom. The van der Waals surface area contributed by atoms with Gasteiger partial charge in [-0.25, -0.2) is 4.79 Å². The molecule has 0 heterocycles. The molecule has 3 atom stereocenters. The third kappa shape index (κ3) is 9.21. The number of benzene rings is 1. The van der Waals surface area contributed by atoms with Gasteiger partial charge >= 0.3 is 6.09 Å². The molecule has 0 aliphatic rings. The Balaban J connectivity index is 3.56. The molecule has 1 rings (SSSR count). The molecule has 0 aliphatic heterocycles. The van der Waals surface area contributed by atoms with Gasteiger partial charge < -0.3 is 26.0 Å². The fourth-order valence-corrected chi connectivity index (χ4v) is 3.94. The van der Waals surface area contributed by atoms with Gasteiger partial charge in [0.05, 0.1) is 12.5 Å². The summed E-state index contributed by atoms with van der Waals surface area (Å²) in [6.45, 7) is 12.0. The normalized spacial score (nSPS) is 13.5. The Hall–Kier alpha value is -3.61. The van der Waals surface area contributed by atoms with Crippen LogP contribution in [-0.2, 0) is 19.1 Å². The molecular weight excluding hydrogens is 462 g/mol. The number of ether oxygens (including phenoxy) is 1. The molecule has 10 nitrogen and oxygen atoms in total. The van der Waals surface area contributed by atoms with E-state index in [9.17, 15) is 24.4 Å². The van der Waals surface area contributed by atoms with Crippen molar-refractivity contribution < 1.29 is 23.9 Å². The number of amides is 4. The molecule has 10 heteroatoms. The summed E-state index contributed by atoms with van der Waals surface area (Å²) < 4.78 is 5.23. The third-order valence-electron chi connectivity index (χ3n) is 5.40. The number of aryl methyl sites for hydroxylation is 2. The first-order chi connectivity index (χ1) is 16.7. The van der Waals surface area contributed by atoms with Gasteiger partial charge in [0.25, 0.3) is 0 Å². The number of primary amides is 1. The Morgan fingerprint density at radius 2 is 1.72 bits per heavy atom. The predicted octanol–water partition coefficient (Wildman–Crippen LogP) is 2.77. The second-order valence-electron chi connectivity index (χ2n) is 9.90. The Kier molecular flexibility index (Phi) is 11.4. The molecule has 0 aliphatic carbocycles. The predicted molar refractivity (Wildman–Crippen MR) is 135 cm³/mol. The quantitative estimate of drug-likeness (QED) is 0.396. The highest BCUT2D eigenvalue weighted by Gasteiger charge is 2.38. The number of nitrogens with zero attached hydrogens (tertiary/aromatic N) is 2. The van der Waals surface area contributed by atoms with Gasteiger partial charge in [-0.3, -0.25) is 14.4 Å². The number of carbonyl (C=O) groups excluding carboxylic acids is 4. The molecule has 0 radical (unpaired) electrons. The lowest BCUT2D eigenvalue weighted by Crippen LogP contribution is -2.54. The third-order valence-corrected chi connectivity index (χ3v) is 5.40. The molecule has 36 heavy (non-hydrogen) atoms. The summed E-state index contributed by atoms with van der Waals surface area (Å²) in [5.41, 5.74) is 6.57. The molecule has 198 valence electrons. The van der Waals surface area contributed by atoms with Crippen LogP contribution in [0.3, 0.4) is 0 Å². The number of nitrogens with two attached hydrogens (primary N) is 1. The number of hydrogen-bond donors (Lipinski definition) is 3. The molecule has 3 unspecified atom stereocenters. The standard InChI is InChI=1S/C26H39N5O5/c1-8-10-18(4)29-23(33)22(21-16(2)11-9-12-17(21)3)31(14-13-27)24(34)19(15-20(28)32)30-25(35)36-26(5,6)7/h9,11-12,18-19,22H,8,10,14-15H2,1-7H3,(H2,28,32)(H,29,33)(H,30,35). The summed E-state index contributed by atoms with van der Waals surface area (Å²) in [7, 11) is 0. The summed E-state index contributed by atoms with van der Waals surface area (Å²) >= 11 is 0. The zero-order valence-electron chi connectivity index (χ0n) is 22.3. The highest BCUT2D eigenvalue weighted by atomic mass is 16.6. The molecule has 4 amide bonds. The molecule has 0 saturated carbocycles. The van der Waals surface area contributed by atoms with Gasteiger partial charge in [-0.2, -0.15) is 5.26 Å². The summed E-state index contributed by atoms with van der Waals surface area (Å²) in [5.74, 6) is -2.11. The molecule has 0 bridgehead atoms. The van der Waals surface area contributed by atoms with Crippen LogP contribution in [0, 0.1) is 25.2 Å². The zero-order valence-corrected chi connectivity index (χ0v) is 22.3. The molecule has 0 saturated heterocycles. The molecule has 0 spiro atoms. The van der Waals surface area contributed by atoms with Crippen molar-refractivity contribution in [3.8, 4) is 6.07 Å². The minimum absolute atomic E-state index is 0.172. The van der Waals surface area contributed by atoms with Crippen molar-refractivity contribution in [2.45, 2.75) is 91.5 Å². The van der Waals surface area contributed by atoms with E-state index < -0.39 is 54.5 Å². The van der Waals surface area contributed by atoms with Crippen molar-refractivity contribution in [3.05, 3.63) is 34.9 Å². The van der Waals surface area contributed by atoms with Crippen LogP contribution in [-0.4, -0.2) is 52.9 Å². The lowest BCUT2D eigenvalue weighted by Gasteiger charge is -2.34. The maximum absolute atomic E-state index is 13.7. The first-order valence-corrected chi connectivity index (χ1v) is 12.0. The first-order valence-electron chi connectivity index (χ1n) is 12.0. The topological polar surface area (TPSA) is 155 Å². The van der Waals surface area contributed by atoms with Crippen LogP contribution < -0.4 is 16.4 Å². The van der Waals surface area contributed by atoms with E-state index in [1.807, 2.05) is 52.0 Å². The van der Waals surface area contributed by atoms with Crippen molar-refractivity contribution in [1.29, 1.82) is 5.26 Å². The minimum atomic E-state index is -1.43. The van der Waals surface area contributed by atoms with Crippen LogP contribution in [0.2, 0.25) is 0 Å². The Labute approximate surface area is 213 Å². The Morgan fingerprint density at radius 1 is 1.14 bits per heavy atom. The molecule has 0 fully saturated rings. The van der Waals surface area contributed by atoms with E-state index in [0.717, 1.165) is 28.9 Å². The maximum Gasteiger partial charge on any atom is 0.408 e. The molecule has 1 aromatic rings. The van der Waals surface area contributed by atoms with Gasteiger partial charge in [0, 0.05) is 6.04 Å². The van der Waals surface area contributed by atoms with Gasteiger partial charge in [-0.15, -0.1) is 0 Å². The van der Waals surface area contributed by atoms with Gasteiger partial charge in [0.1, 0.15) is 24.2 Å². The molecule has 1 aromatic carbocycles. The van der Waals surface area contributed by atoms with Crippen LogP contribution in [0.15, 0.2) is 18.2 Å². The fraction of sp³-hybridized carbons (Fsp3) is 0.577. The SMILES string of the molecule is CCCC(C)NC(=O)C(c1c(C)cccc1C)N(CC#N)C(=O)C(CC(N)=O)NC(=O)OC(C)(C)C. The molecule has 0 aromatic heterocycles. The fourth-order valence-electron chi connectivity index (χ4n) is 3.94. The number of nitrogens with one attached hydrogen (secondary N) is 2. The van der Waals surface area contributed by atoms with Crippen LogP contribution in [0.4, 0.5) is 4.79 Å². The smallest absolute Gasteiger partial charge is 0.408 e. The largest absolute Gasteiger partial charge is 0.444 e. The van der Waals surface area contributed by atoms with E-state index in [1.165, 1.54) is 0 Å². The number of nitriles is 1. The van der Waals surface area contributed by atoms with Crippen LogP contribution in [0.1, 0.15) is 76.6 Å². The number of carbonyl (C=O) groups is 4. The van der Waals surface area contributed by atoms with Crippen LogP contribution in [0.25, 0.3) is 0 Å². The van der Waals surface area contributed by atoms with Crippen molar-refractivity contribution in [2.24, 2.45) is 5.73 Å². The second kappa shape index (κ2) is 13.5. The monoisotopic (exact) mass is 501 g/mol. The average Bonchev–Trinajstić information content (AvgIpc) is 2.72. The second-order valence-corrected chi connectivity index (χ2v) is 9.90. The van der Waals surface area contributed by atoms with Crippen molar-refractivity contribution in [2.75, 3.05) is 6.54 Å². The van der Waals surface area contributed by atoms with E-state index in [2.05, 4.69) is 10.6 Å². The first kappa shape index (κ1) is 30.4. The molecule has 4 N–H and O–H groups in total. The number of hydrogen-bond acceptors (Lipinski definition) is 6. The zero-order chi connectivity index (χ0) is 27.6. The van der Waals surface area contributed by atoms with Crippen molar-refractivity contribution in [3.63, 3.8) is 0 Å². The number of rotatable bonds is 11. The number of alkyl carbamates (subject to hydrolysis) is 1. The van der Waals surface area contributed by atoms with Gasteiger partial charge in [0.2, 0.25) is 17.7 Å².